The average molecular weight is 369 g/mol. The predicted octanol–water partition coefficient (Wildman–Crippen LogP) is 2.35. The van der Waals surface area contributed by atoms with Crippen LogP contribution in [0.25, 0.3) is 0 Å². The van der Waals surface area contributed by atoms with Crippen LogP contribution in [0.3, 0.4) is 0 Å². The Morgan fingerprint density at radius 1 is 1.16 bits per heavy atom. The van der Waals surface area contributed by atoms with Crippen molar-refractivity contribution in [1.82, 2.24) is 10.6 Å². The molecular formula is C18H25ClN2O4. The Balaban J connectivity index is 2.63. The molecule has 0 fully saturated rings. The molecule has 0 heterocycles. The van der Waals surface area contributed by atoms with Crippen LogP contribution < -0.4 is 10.6 Å². The molecule has 0 aliphatic carbocycles. The summed E-state index contributed by atoms with van der Waals surface area (Å²) in [5.74, 6) is -1.83. The first-order valence-corrected chi connectivity index (χ1v) is 8.48. The number of halogens is 1. The van der Waals surface area contributed by atoms with Gasteiger partial charge in [-0.25, -0.2) is 4.79 Å². The molecule has 0 bridgehead atoms. The largest absolute Gasteiger partial charge is 0.480 e. The van der Waals surface area contributed by atoms with E-state index in [9.17, 15) is 14.4 Å². The molecule has 0 radical (unpaired) electrons. The van der Waals surface area contributed by atoms with Crippen LogP contribution in [0.4, 0.5) is 0 Å². The minimum Gasteiger partial charge on any atom is -0.480 e. The van der Waals surface area contributed by atoms with Gasteiger partial charge in [0.15, 0.2) is 0 Å². The van der Waals surface area contributed by atoms with Crippen molar-refractivity contribution in [3.8, 4) is 0 Å². The summed E-state index contributed by atoms with van der Waals surface area (Å²) in [6, 6.07) is 5.94. The minimum atomic E-state index is -1.09. The maximum atomic E-state index is 12.4. The second kappa shape index (κ2) is 8.85. The molecule has 0 saturated heterocycles. The zero-order valence-electron chi connectivity index (χ0n) is 14.9. The fourth-order valence-electron chi connectivity index (χ4n) is 2.32. The summed E-state index contributed by atoms with van der Waals surface area (Å²) in [5, 5.41) is 14.7. The number of hydrogen-bond donors (Lipinski definition) is 3. The van der Waals surface area contributed by atoms with E-state index >= 15 is 0 Å². The van der Waals surface area contributed by atoms with Crippen molar-refractivity contribution < 1.29 is 19.5 Å². The van der Waals surface area contributed by atoms with E-state index in [1.54, 1.807) is 38.1 Å². The molecular weight excluding hydrogens is 344 g/mol. The van der Waals surface area contributed by atoms with Gasteiger partial charge < -0.3 is 15.7 Å². The van der Waals surface area contributed by atoms with E-state index in [1.165, 1.54) is 0 Å². The van der Waals surface area contributed by atoms with Gasteiger partial charge >= 0.3 is 5.97 Å². The number of carbonyl (C=O) groups is 3. The fraction of sp³-hybridized carbons (Fsp3) is 0.500. The van der Waals surface area contributed by atoms with Crippen molar-refractivity contribution in [3.05, 3.63) is 34.9 Å². The number of amides is 2. The molecule has 1 aromatic carbocycles. The van der Waals surface area contributed by atoms with Crippen molar-refractivity contribution in [2.45, 2.75) is 45.6 Å². The monoisotopic (exact) mass is 368 g/mol. The van der Waals surface area contributed by atoms with Crippen LogP contribution in [-0.4, -0.2) is 35.5 Å². The number of rotatable bonds is 8. The highest BCUT2D eigenvalue weighted by molar-refractivity contribution is 6.30. The van der Waals surface area contributed by atoms with E-state index in [0.717, 1.165) is 5.56 Å². The van der Waals surface area contributed by atoms with E-state index in [4.69, 9.17) is 16.7 Å². The highest BCUT2D eigenvalue weighted by atomic mass is 35.5. The molecule has 0 saturated carbocycles. The SMILES string of the molecule is CC(C)C[C@H](NC(=O)CNC(=O)C(C)(C)c1ccc(Cl)cc1)C(=O)O. The van der Waals surface area contributed by atoms with Gasteiger partial charge in [0.05, 0.1) is 12.0 Å². The minimum absolute atomic E-state index is 0.125. The van der Waals surface area contributed by atoms with Crippen molar-refractivity contribution >= 4 is 29.4 Å². The van der Waals surface area contributed by atoms with Gasteiger partial charge in [-0.1, -0.05) is 37.6 Å². The van der Waals surface area contributed by atoms with Gasteiger partial charge in [0.1, 0.15) is 6.04 Å². The standard InChI is InChI=1S/C18H25ClN2O4/c1-11(2)9-14(16(23)24)21-15(22)10-20-17(25)18(3,4)12-5-7-13(19)8-6-12/h5-8,11,14H,9-10H2,1-4H3,(H,20,25)(H,21,22)(H,23,24)/t14-/m0/s1. The van der Waals surface area contributed by atoms with Crippen molar-refractivity contribution in [2.24, 2.45) is 5.92 Å². The molecule has 1 atom stereocenters. The summed E-state index contributed by atoms with van der Waals surface area (Å²) in [7, 11) is 0. The van der Waals surface area contributed by atoms with Gasteiger partial charge in [0, 0.05) is 5.02 Å². The summed E-state index contributed by atoms with van der Waals surface area (Å²) in [4.78, 5) is 35.5. The lowest BCUT2D eigenvalue weighted by Gasteiger charge is -2.24. The average Bonchev–Trinajstić information content (AvgIpc) is 2.51. The lowest BCUT2D eigenvalue weighted by molar-refractivity contribution is -0.142. The smallest absolute Gasteiger partial charge is 0.326 e. The molecule has 6 nitrogen and oxygen atoms in total. The number of carbonyl (C=O) groups excluding carboxylic acids is 2. The maximum absolute atomic E-state index is 12.4. The third-order valence-corrected chi connectivity index (χ3v) is 4.14. The lowest BCUT2D eigenvalue weighted by atomic mass is 9.84. The molecule has 1 aromatic rings. The van der Waals surface area contributed by atoms with E-state index in [-0.39, 0.29) is 18.4 Å². The van der Waals surface area contributed by atoms with Crippen LogP contribution >= 0.6 is 11.6 Å². The molecule has 0 aromatic heterocycles. The van der Waals surface area contributed by atoms with Gasteiger partial charge in [0.25, 0.3) is 0 Å². The van der Waals surface area contributed by atoms with Crippen LogP contribution in [0.15, 0.2) is 24.3 Å². The van der Waals surface area contributed by atoms with Crippen molar-refractivity contribution in [3.63, 3.8) is 0 Å². The third-order valence-electron chi connectivity index (χ3n) is 3.88. The molecule has 2 amide bonds. The topological polar surface area (TPSA) is 95.5 Å². The zero-order chi connectivity index (χ0) is 19.2. The van der Waals surface area contributed by atoms with E-state index in [0.29, 0.717) is 11.4 Å². The van der Waals surface area contributed by atoms with Gasteiger partial charge in [-0.3, -0.25) is 9.59 Å². The van der Waals surface area contributed by atoms with Crippen LogP contribution in [0.2, 0.25) is 5.02 Å². The number of carboxylic acid groups (broad SMARTS) is 1. The number of aliphatic carboxylic acids is 1. The van der Waals surface area contributed by atoms with Crippen LogP contribution in [0.1, 0.15) is 39.7 Å². The quantitative estimate of drug-likeness (QED) is 0.656. The van der Waals surface area contributed by atoms with E-state index in [1.807, 2.05) is 13.8 Å². The van der Waals surface area contributed by atoms with Crippen LogP contribution in [-0.2, 0) is 19.8 Å². The Labute approximate surface area is 152 Å². The molecule has 3 N–H and O–H groups in total. The molecule has 1 rings (SSSR count). The molecule has 7 heteroatoms. The van der Waals surface area contributed by atoms with E-state index in [2.05, 4.69) is 10.6 Å². The first-order chi connectivity index (χ1) is 11.5. The molecule has 0 unspecified atom stereocenters. The van der Waals surface area contributed by atoms with Crippen molar-refractivity contribution in [1.29, 1.82) is 0 Å². The summed E-state index contributed by atoms with van der Waals surface area (Å²) in [6.45, 7) is 6.94. The molecule has 0 spiro atoms. The van der Waals surface area contributed by atoms with Gasteiger partial charge in [-0.05, 0) is 43.9 Å². The van der Waals surface area contributed by atoms with Crippen LogP contribution in [0.5, 0.6) is 0 Å². The Morgan fingerprint density at radius 3 is 2.20 bits per heavy atom. The summed E-state index contributed by atoms with van der Waals surface area (Å²) in [6.07, 6.45) is 0.325. The number of benzene rings is 1. The van der Waals surface area contributed by atoms with E-state index < -0.39 is 23.3 Å². The first kappa shape index (κ1) is 21.0. The molecule has 25 heavy (non-hydrogen) atoms. The molecule has 138 valence electrons. The van der Waals surface area contributed by atoms with Crippen LogP contribution in [0, 0.1) is 5.92 Å². The highest BCUT2D eigenvalue weighted by Crippen LogP contribution is 2.24. The third kappa shape index (κ3) is 6.38. The normalized spacial score (nSPS) is 12.6. The number of hydrogen-bond acceptors (Lipinski definition) is 3. The predicted molar refractivity (Wildman–Crippen MR) is 96.5 cm³/mol. The summed E-state index contributed by atoms with van der Waals surface area (Å²) in [5.41, 5.74) is -0.0901. The Bertz CT molecular complexity index is 626. The zero-order valence-corrected chi connectivity index (χ0v) is 15.7. The Kier molecular flexibility index (Phi) is 7.42. The van der Waals surface area contributed by atoms with Gasteiger partial charge in [0.2, 0.25) is 11.8 Å². The molecule has 0 aliphatic rings. The highest BCUT2D eigenvalue weighted by Gasteiger charge is 2.30. The summed E-state index contributed by atoms with van der Waals surface area (Å²) < 4.78 is 0. The van der Waals surface area contributed by atoms with Crippen molar-refractivity contribution in [2.75, 3.05) is 6.54 Å². The number of nitrogens with one attached hydrogen (secondary N) is 2. The fourth-order valence-corrected chi connectivity index (χ4v) is 2.44. The number of carboxylic acids is 1. The second-order valence-electron chi connectivity index (χ2n) is 6.90. The van der Waals surface area contributed by atoms with Gasteiger partial charge in [-0.15, -0.1) is 0 Å². The Morgan fingerprint density at radius 2 is 1.72 bits per heavy atom. The summed E-state index contributed by atoms with van der Waals surface area (Å²) >= 11 is 5.85. The first-order valence-electron chi connectivity index (χ1n) is 8.10. The maximum Gasteiger partial charge on any atom is 0.326 e. The Hall–Kier alpha value is -2.08. The second-order valence-corrected chi connectivity index (χ2v) is 7.34. The lowest BCUT2D eigenvalue weighted by Crippen LogP contribution is -2.48. The van der Waals surface area contributed by atoms with Gasteiger partial charge in [-0.2, -0.15) is 0 Å². The molecule has 0 aliphatic heterocycles.